The van der Waals surface area contributed by atoms with E-state index in [4.69, 9.17) is 0 Å². The van der Waals surface area contributed by atoms with Crippen LogP contribution in [0.3, 0.4) is 0 Å². The Bertz CT molecular complexity index is 631. The Hall–Kier alpha value is -1.37. The molecule has 1 aliphatic heterocycles. The molecular weight excluding hydrogens is 323 g/mol. The van der Waals surface area contributed by atoms with Gasteiger partial charge in [-0.1, -0.05) is 0 Å². The third-order valence-electron chi connectivity index (χ3n) is 4.36. The molecule has 2 aromatic rings. The van der Waals surface area contributed by atoms with Crippen LogP contribution in [0.15, 0.2) is 18.3 Å². The molecule has 2 fully saturated rings. The molecule has 2 aromatic heterocycles. The highest BCUT2D eigenvalue weighted by atomic mass is 35.5. The molecule has 3 heterocycles. The van der Waals surface area contributed by atoms with Gasteiger partial charge < -0.3 is 10.6 Å². The average molecular weight is 343 g/mol. The SMILES string of the molecule is Cc1nn(C)cc1-c1ccc(N[C@@H]2[C@@H]3CNC[C@@H]32)nn1.Cl.Cl. The van der Waals surface area contributed by atoms with E-state index in [9.17, 15) is 0 Å². The van der Waals surface area contributed by atoms with Crippen molar-refractivity contribution < 1.29 is 0 Å². The largest absolute Gasteiger partial charge is 0.365 e. The van der Waals surface area contributed by atoms with Crippen molar-refractivity contribution in [2.24, 2.45) is 18.9 Å². The van der Waals surface area contributed by atoms with Gasteiger partial charge in [-0.3, -0.25) is 4.68 Å². The smallest absolute Gasteiger partial charge is 0.148 e. The summed E-state index contributed by atoms with van der Waals surface area (Å²) in [7, 11) is 1.92. The third-order valence-corrected chi connectivity index (χ3v) is 4.36. The van der Waals surface area contributed by atoms with E-state index in [1.54, 1.807) is 4.68 Å². The normalized spacial score (nSPS) is 24.9. The van der Waals surface area contributed by atoms with E-state index in [1.807, 2.05) is 32.3 Å². The summed E-state index contributed by atoms with van der Waals surface area (Å²) in [6.45, 7) is 4.24. The Morgan fingerprint density at radius 1 is 1.18 bits per heavy atom. The lowest BCUT2D eigenvalue weighted by Gasteiger charge is -2.07. The molecular formula is C14H20Cl2N6. The van der Waals surface area contributed by atoms with Crippen molar-refractivity contribution in [2.45, 2.75) is 13.0 Å². The van der Waals surface area contributed by atoms with E-state index in [0.717, 1.165) is 47.7 Å². The fourth-order valence-corrected chi connectivity index (χ4v) is 3.21. The second kappa shape index (κ2) is 6.40. The number of halogens is 2. The van der Waals surface area contributed by atoms with Crippen molar-refractivity contribution in [2.75, 3.05) is 18.4 Å². The Kier molecular flexibility index (Phi) is 4.94. The van der Waals surface area contributed by atoms with Crippen LogP contribution in [0.25, 0.3) is 11.3 Å². The van der Waals surface area contributed by atoms with Gasteiger partial charge in [-0.15, -0.1) is 35.0 Å². The molecule has 0 aromatic carbocycles. The summed E-state index contributed by atoms with van der Waals surface area (Å²) in [5, 5.41) is 19.8. The standard InChI is InChI=1S/C14H18N6.2ClH/c1-8-11(7-20(2)19-8)12-3-4-13(18-17-12)16-14-9-5-15-6-10(9)14;;/h3-4,7,9-10,14-15H,5-6H2,1-2H3,(H,16,18);2*1H/t9-,10+,14-;;. The zero-order chi connectivity index (χ0) is 13.7. The van der Waals surface area contributed by atoms with Gasteiger partial charge in [-0.2, -0.15) is 5.10 Å². The number of nitrogens with one attached hydrogen (secondary N) is 2. The summed E-state index contributed by atoms with van der Waals surface area (Å²) >= 11 is 0. The molecule has 8 heteroatoms. The van der Waals surface area contributed by atoms with Crippen molar-refractivity contribution in [3.8, 4) is 11.3 Å². The molecule has 120 valence electrons. The Morgan fingerprint density at radius 3 is 2.45 bits per heavy atom. The summed E-state index contributed by atoms with van der Waals surface area (Å²) < 4.78 is 1.80. The fourth-order valence-electron chi connectivity index (χ4n) is 3.21. The van der Waals surface area contributed by atoms with E-state index in [0.29, 0.717) is 6.04 Å². The Labute approximate surface area is 141 Å². The number of piperidine rings is 1. The quantitative estimate of drug-likeness (QED) is 0.887. The maximum Gasteiger partial charge on any atom is 0.148 e. The molecule has 4 rings (SSSR count). The topological polar surface area (TPSA) is 67.7 Å². The molecule has 1 saturated carbocycles. The highest BCUT2D eigenvalue weighted by Gasteiger charge is 2.53. The van der Waals surface area contributed by atoms with Crippen LogP contribution in [-0.2, 0) is 7.05 Å². The minimum atomic E-state index is 0. The molecule has 0 bridgehead atoms. The first kappa shape index (κ1) is 17.0. The van der Waals surface area contributed by atoms with Crippen molar-refractivity contribution >= 4 is 30.6 Å². The molecule has 1 aliphatic carbocycles. The first-order valence-electron chi connectivity index (χ1n) is 7.04. The second-order valence-electron chi connectivity index (χ2n) is 5.76. The lowest BCUT2D eigenvalue weighted by atomic mass is 10.2. The average Bonchev–Trinajstić information content (AvgIpc) is 2.80. The number of anilines is 1. The minimum absolute atomic E-state index is 0. The fraction of sp³-hybridized carbons (Fsp3) is 0.500. The van der Waals surface area contributed by atoms with Crippen LogP contribution in [0, 0.1) is 18.8 Å². The maximum absolute atomic E-state index is 4.33. The zero-order valence-electron chi connectivity index (χ0n) is 12.5. The first-order valence-corrected chi connectivity index (χ1v) is 7.04. The first-order chi connectivity index (χ1) is 9.72. The number of rotatable bonds is 3. The Balaban J connectivity index is 0.000000882. The summed E-state index contributed by atoms with van der Waals surface area (Å²) in [6, 6.07) is 4.60. The molecule has 0 unspecified atom stereocenters. The van der Waals surface area contributed by atoms with Gasteiger partial charge in [0.15, 0.2) is 0 Å². The van der Waals surface area contributed by atoms with E-state index in [1.165, 1.54) is 0 Å². The molecule has 0 spiro atoms. The van der Waals surface area contributed by atoms with E-state index in [-0.39, 0.29) is 24.8 Å². The third kappa shape index (κ3) is 2.91. The van der Waals surface area contributed by atoms with E-state index in [2.05, 4.69) is 25.9 Å². The van der Waals surface area contributed by atoms with Gasteiger partial charge in [0.1, 0.15) is 5.82 Å². The van der Waals surface area contributed by atoms with Gasteiger partial charge in [0.05, 0.1) is 11.4 Å². The van der Waals surface area contributed by atoms with Gasteiger partial charge in [-0.05, 0) is 30.9 Å². The van der Waals surface area contributed by atoms with Gasteiger partial charge >= 0.3 is 0 Å². The lowest BCUT2D eigenvalue weighted by molar-refractivity contribution is 0.694. The lowest BCUT2D eigenvalue weighted by Crippen LogP contribution is -2.21. The van der Waals surface area contributed by atoms with Crippen molar-refractivity contribution in [3.63, 3.8) is 0 Å². The van der Waals surface area contributed by atoms with Gasteiger partial charge in [0.25, 0.3) is 0 Å². The molecule has 0 radical (unpaired) electrons. The van der Waals surface area contributed by atoms with Gasteiger partial charge in [0, 0.05) is 37.9 Å². The van der Waals surface area contributed by atoms with Crippen molar-refractivity contribution in [1.29, 1.82) is 0 Å². The highest BCUT2D eigenvalue weighted by Crippen LogP contribution is 2.43. The number of nitrogens with zero attached hydrogens (tertiary/aromatic N) is 4. The number of hydrogen-bond acceptors (Lipinski definition) is 5. The highest BCUT2D eigenvalue weighted by molar-refractivity contribution is 5.85. The summed E-state index contributed by atoms with van der Waals surface area (Å²) in [5.41, 5.74) is 2.89. The molecule has 22 heavy (non-hydrogen) atoms. The van der Waals surface area contributed by atoms with Gasteiger partial charge in [0.2, 0.25) is 0 Å². The second-order valence-corrected chi connectivity index (χ2v) is 5.76. The van der Waals surface area contributed by atoms with E-state index < -0.39 is 0 Å². The monoisotopic (exact) mass is 342 g/mol. The summed E-state index contributed by atoms with van der Waals surface area (Å²) in [6.07, 6.45) is 1.98. The number of fused-ring (bicyclic) bond motifs is 1. The number of aryl methyl sites for hydroxylation is 2. The molecule has 1 saturated heterocycles. The Morgan fingerprint density at radius 2 is 1.91 bits per heavy atom. The van der Waals surface area contributed by atoms with Gasteiger partial charge in [-0.25, -0.2) is 0 Å². The van der Waals surface area contributed by atoms with Crippen LogP contribution in [0.5, 0.6) is 0 Å². The number of aromatic nitrogens is 4. The van der Waals surface area contributed by atoms with Crippen LogP contribution in [0.4, 0.5) is 5.82 Å². The zero-order valence-corrected chi connectivity index (χ0v) is 14.1. The molecule has 2 N–H and O–H groups in total. The van der Waals surface area contributed by atoms with Crippen LogP contribution in [0.1, 0.15) is 5.69 Å². The van der Waals surface area contributed by atoms with Crippen LogP contribution in [-0.4, -0.2) is 39.1 Å². The summed E-state index contributed by atoms with van der Waals surface area (Å²) in [4.78, 5) is 0. The summed E-state index contributed by atoms with van der Waals surface area (Å²) in [5.74, 6) is 2.42. The van der Waals surface area contributed by atoms with Crippen molar-refractivity contribution in [3.05, 3.63) is 24.0 Å². The maximum atomic E-state index is 4.33. The molecule has 3 atom stereocenters. The van der Waals surface area contributed by atoms with Crippen molar-refractivity contribution in [1.82, 2.24) is 25.3 Å². The molecule has 2 aliphatic rings. The van der Waals surface area contributed by atoms with E-state index >= 15 is 0 Å². The predicted molar refractivity (Wildman–Crippen MR) is 90.7 cm³/mol. The van der Waals surface area contributed by atoms with Crippen LogP contribution in [0.2, 0.25) is 0 Å². The number of hydrogen-bond donors (Lipinski definition) is 2. The van der Waals surface area contributed by atoms with Crippen LogP contribution >= 0.6 is 24.8 Å². The predicted octanol–water partition coefficient (Wildman–Crippen LogP) is 1.66. The molecule has 6 nitrogen and oxygen atoms in total. The molecule has 0 amide bonds. The van der Waals surface area contributed by atoms with Crippen LogP contribution < -0.4 is 10.6 Å². The minimum Gasteiger partial charge on any atom is -0.365 e.